The highest BCUT2D eigenvalue weighted by Gasteiger charge is 2.20. The Morgan fingerprint density at radius 2 is 1.92 bits per heavy atom. The van der Waals surface area contributed by atoms with Crippen molar-refractivity contribution < 1.29 is 19.1 Å². The molecule has 0 radical (unpaired) electrons. The molecule has 1 heterocycles. The summed E-state index contributed by atoms with van der Waals surface area (Å²) in [4.78, 5) is 24.0. The molecule has 25 heavy (non-hydrogen) atoms. The van der Waals surface area contributed by atoms with Gasteiger partial charge in [-0.05, 0) is 32.1 Å². The Morgan fingerprint density at radius 1 is 1.24 bits per heavy atom. The van der Waals surface area contributed by atoms with Crippen LogP contribution in [0.1, 0.15) is 18.2 Å². The summed E-state index contributed by atoms with van der Waals surface area (Å²) >= 11 is 6.42. The highest BCUT2D eigenvalue weighted by molar-refractivity contribution is 6.32. The van der Waals surface area contributed by atoms with Gasteiger partial charge in [0.05, 0.1) is 18.0 Å². The molecular formula is C18H19ClN2O4. The van der Waals surface area contributed by atoms with Gasteiger partial charge >= 0.3 is 5.97 Å². The van der Waals surface area contributed by atoms with Crippen molar-refractivity contribution in [3.63, 3.8) is 0 Å². The molecule has 132 valence electrons. The van der Waals surface area contributed by atoms with E-state index in [9.17, 15) is 9.59 Å². The Kier molecular flexibility index (Phi) is 6.50. The van der Waals surface area contributed by atoms with Crippen LogP contribution in [0.3, 0.4) is 0 Å². The van der Waals surface area contributed by atoms with Gasteiger partial charge in [0.1, 0.15) is 17.3 Å². The van der Waals surface area contributed by atoms with E-state index in [4.69, 9.17) is 21.1 Å². The maximum atomic E-state index is 12.1. The quantitative estimate of drug-likeness (QED) is 0.249. The fraction of sp³-hybridized carbons (Fsp3) is 0.278. The third-order valence-corrected chi connectivity index (χ3v) is 3.82. The van der Waals surface area contributed by atoms with Crippen molar-refractivity contribution in [3.05, 3.63) is 52.3 Å². The van der Waals surface area contributed by atoms with Crippen LogP contribution in [-0.4, -0.2) is 41.9 Å². The van der Waals surface area contributed by atoms with Gasteiger partial charge in [0.15, 0.2) is 5.78 Å². The highest BCUT2D eigenvalue weighted by Crippen LogP contribution is 2.26. The van der Waals surface area contributed by atoms with Gasteiger partial charge < -0.3 is 9.47 Å². The van der Waals surface area contributed by atoms with Gasteiger partial charge in [-0.1, -0.05) is 29.8 Å². The summed E-state index contributed by atoms with van der Waals surface area (Å²) in [6.07, 6.45) is 1.42. The van der Waals surface area contributed by atoms with Crippen LogP contribution in [0.5, 0.6) is 0 Å². The molecule has 7 heteroatoms. The fourth-order valence-electron chi connectivity index (χ4n) is 2.16. The SMILES string of the molecule is COCCOC(=O)/C(=C/c1c(C)nn(-c2ccccc2)c1Cl)C(C)=O. The topological polar surface area (TPSA) is 70.4 Å². The van der Waals surface area contributed by atoms with Crippen LogP contribution in [0, 0.1) is 6.92 Å². The van der Waals surface area contributed by atoms with Gasteiger partial charge in [-0.25, -0.2) is 9.48 Å². The summed E-state index contributed by atoms with van der Waals surface area (Å²) in [7, 11) is 1.50. The van der Waals surface area contributed by atoms with Gasteiger partial charge in [-0.2, -0.15) is 5.10 Å². The number of halogens is 1. The number of carbonyl (C=O) groups is 2. The summed E-state index contributed by atoms with van der Waals surface area (Å²) in [5, 5.41) is 4.70. The fourth-order valence-corrected chi connectivity index (χ4v) is 2.49. The third kappa shape index (κ3) is 4.55. The van der Waals surface area contributed by atoms with Crippen molar-refractivity contribution >= 4 is 29.4 Å². The summed E-state index contributed by atoms with van der Waals surface area (Å²) in [5.74, 6) is -1.13. The van der Waals surface area contributed by atoms with Crippen LogP contribution in [0.15, 0.2) is 35.9 Å². The molecule has 0 unspecified atom stereocenters. The smallest absolute Gasteiger partial charge is 0.341 e. The lowest BCUT2D eigenvalue weighted by Crippen LogP contribution is -2.16. The molecule has 6 nitrogen and oxygen atoms in total. The first-order chi connectivity index (χ1) is 12.0. The zero-order chi connectivity index (χ0) is 18.4. The molecule has 0 bridgehead atoms. The number of benzene rings is 1. The van der Waals surface area contributed by atoms with Crippen LogP contribution in [0.4, 0.5) is 0 Å². The Labute approximate surface area is 151 Å². The number of rotatable bonds is 7. The molecule has 0 aliphatic heterocycles. The lowest BCUT2D eigenvalue weighted by molar-refractivity contribution is -0.141. The van der Waals surface area contributed by atoms with Crippen LogP contribution in [0.25, 0.3) is 11.8 Å². The molecule has 0 aliphatic rings. The average molecular weight is 363 g/mol. The molecule has 0 N–H and O–H groups in total. The zero-order valence-electron chi connectivity index (χ0n) is 14.3. The van der Waals surface area contributed by atoms with E-state index in [0.717, 1.165) is 5.69 Å². The van der Waals surface area contributed by atoms with Gasteiger partial charge in [-0.3, -0.25) is 4.79 Å². The van der Waals surface area contributed by atoms with E-state index in [1.165, 1.54) is 20.1 Å². The largest absolute Gasteiger partial charge is 0.460 e. The van der Waals surface area contributed by atoms with Crippen molar-refractivity contribution in [2.75, 3.05) is 20.3 Å². The number of Topliss-reactive ketones (excluding diaryl/α,β-unsaturated/α-hetero) is 1. The molecule has 0 atom stereocenters. The summed E-state index contributed by atoms with van der Waals surface area (Å²) in [6, 6.07) is 9.34. The number of hydrogen-bond acceptors (Lipinski definition) is 5. The number of aryl methyl sites for hydroxylation is 1. The molecule has 0 fully saturated rings. The normalized spacial score (nSPS) is 11.4. The monoisotopic (exact) mass is 362 g/mol. The number of ether oxygens (including phenoxy) is 2. The second kappa shape index (κ2) is 8.60. The molecule has 0 saturated heterocycles. The first-order valence-corrected chi connectivity index (χ1v) is 8.02. The summed E-state index contributed by atoms with van der Waals surface area (Å²) in [5.41, 5.74) is 1.78. The van der Waals surface area contributed by atoms with E-state index < -0.39 is 11.8 Å². The first kappa shape index (κ1) is 18.9. The maximum Gasteiger partial charge on any atom is 0.341 e. The highest BCUT2D eigenvalue weighted by atomic mass is 35.5. The predicted molar refractivity (Wildman–Crippen MR) is 94.8 cm³/mol. The second-order valence-electron chi connectivity index (χ2n) is 5.28. The van der Waals surface area contributed by atoms with E-state index >= 15 is 0 Å². The van der Waals surface area contributed by atoms with Gasteiger partial charge in [0.2, 0.25) is 0 Å². The molecule has 1 aromatic heterocycles. The molecule has 0 saturated carbocycles. The minimum atomic E-state index is -0.715. The number of ketones is 1. The molecule has 2 rings (SSSR count). The van der Waals surface area contributed by atoms with Crippen LogP contribution in [-0.2, 0) is 19.1 Å². The molecular weight excluding hydrogens is 344 g/mol. The number of hydrogen-bond donors (Lipinski definition) is 0. The van der Waals surface area contributed by atoms with E-state index in [1.807, 2.05) is 30.3 Å². The van der Waals surface area contributed by atoms with Crippen molar-refractivity contribution in [1.82, 2.24) is 9.78 Å². The number of aromatic nitrogens is 2. The maximum absolute atomic E-state index is 12.1. The molecule has 0 aliphatic carbocycles. The third-order valence-electron chi connectivity index (χ3n) is 3.46. The van der Waals surface area contributed by atoms with Crippen molar-refractivity contribution in [2.45, 2.75) is 13.8 Å². The van der Waals surface area contributed by atoms with E-state index in [-0.39, 0.29) is 18.8 Å². The first-order valence-electron chi connectivity index (χ1n) is 7.65. The van der Waals surface area contributed by atoms with Crippen molar-refractivity contribution in [2.24, 2.45) is 0 Å². The number of esters is 1. The number of para-hydroxylation sites is 1. The zero-order valence-corrected chi connectivity index (χ0v) is 15.0. The van der Waals surface area contributed by atoms with E-state index in [1.54, 1.807) is 11.6 Å². The Bertz CT molecular complexity index is 797. The van der Waals surface area contributed by atoms with Crippen LogP contribution >= 0.6 is 11.6 Å². The van der Waals surface area contributed by atoms with Crippen LogP contribution < -0.4 is 0 Å². The van der Waals surface area contributed by atoms with Gasteiger partial charge in [0, 0.05) is 12.7 Å². The van der Waals surface area contributed by atoms with Gasteiger partial charge in [0.25, 0.3) is 0 Å². The lowest BCUT2D eigenvalue weighted by Gasteiger charge is -2.06. The average Bonchev–Trinajstić information content (AvgIpc) is 2.87. The summed E-state index contributed by atoms with van der Waals surface area (Å²) < 4.78 is 11.4. The minimum absolute atomic E-state index is 0.0654. The standard InChI is InChI=1S/C18H19ClN2O4/c1-12-15(11-16(13(2)22)18(23)25-10-9-24-3)17(19)21(20-12)14-7-5-4-6-8-14/h4-8,11H,9-10H2,1-3H3/b16-11+. The number of methoxy groups -OCH3 is 1. The number of nitrogens with zero attached hydrogens (tertiary/aromatic N) is 2. The molecule has 0 spiro atoms. The van der Waals surface area contributed by atoms with E-state index in [2.05, 4.69) is 5.10 Å². The number of carbonyl (C=O) groups excluding carboxylic acids is 2. The Hall–Kier alpha value is -2.44. The molecule has 2 aromatic rings. The minimum Gasteiger partial charge on any atom is -0.460 e. The van der Waals surface area contributed by atoms with Crippen molar-refractivity contribution in [3.8, 4) is 5.69 Å². The van der Waals surface area contributed by atoms with E-state index in [0.29, 0.717) is 16.4 Å². The second-order valence-corrected chi connectivity index (χ2v) is 5.64. The molecule has 1 aromatic carbocycles. The van der Waals surface area contributed by atoms with Crippen LogP contribution in [0.2, 0.25) is 5.15 Å². The Morgan fingerprint density at radius 3 is 2.52 bits per heavy atom. The summed E-state index contributed by atoms with van der Waals surface area (Å²) in [6.45, 7) is 3.37. The molecule has 0 amide bonds. The van der Waals surface area contributed by atoms with Crippen molar-refractivity contribution in [1.29, 1.82) is 0 Å². The van der Waals surface area contributed by atoms with Gasteiger partial charge in [-0.15, -0.1) is 0 Å². The predicted octanol–water partition coefficient (Wildman–Crippen LogP) is 3.00. The Balaban J connectivity index is 2.39. The lowest BCUT2D eigenvalue weighted by atomic mass is 10.1.